The van der Waals surface area contributed by atoms with Crippen molar-refractivity contribution in [3.63, 3.8) is 0 Å². The number of ether oxygens (including phenoxy) is 2. The Morgan fingerprint density at radius 3 is 2.30 bits per heavy atom. The van der Waals surface area contributed by atoms with Gasteiger partial charge in [0.05, 0.1) is 14.2 Å². The number of nitrogens with one attached hydrogen (secondary N) is 1. The minimum atomic E-state index is 0.0371. The maximum absolute atomic E-state index is 12.0. The molecule has 0 radical (unpaired) electrons. The zero-order chi connectivity index (χ0) is 16.7. The van der Waals surface area contributed by atoms with Crippen LogP contribution >= 0.6 is 0 Å². The first-order chi connectivity index (χ1) is 11.1. The van der Waals surface area contributed by atoms with Crippen molar-refractivity contribution < 1.29 is 14.3 Å². The van der Waals surface area contributed by atoms with E-state index >= 15 is 0 Å². The van der Waals surface area contributed by atoms with E-state index in [4.69, 9.17) is 9.47 Å². The molecule has 4 heteroatoms. The van der Waals surface area contributed by atoms with Gasteiger partial charge in [0.1, 0.15) is 11.5 Å². The normalized spacial score (nSPS) is 10.2. The van der Waals surface area contributed by atoms with Crippen LogP contribution in [0.4, 0.5) is 0 Å². The Balaban J connectivity index is 1.88. The fourth-order valence-corrected chi connectivity index (χ4v) is 2.36. The molecule has 0 spiro atoms. The van der Waals surface area contributed by atoms with Gasteiger partial charge >= 0.3 is 0 Å². The second-order valence-corrected chi connectivity index (χ2v) is 5.42. The Hall–Kier alpha value is -2.49. The van der Waals surface area contributed by atoms with Crippen molar-refractivity contribution >= 4 is 5.91 Å². The van der Waals surface area contributed by atoms with Gasteiger partial charge in [0.15, 0.2) is 0 Å². The van der Waals surface area contributed by atoms with E-state index in [-0.39, 0.29) is 5.91 Å². The third kappa shape index (κ3) is 5.02. The smallest absolute Gasteiger partial charge is 0.220 e. The second-order valence-electron chi connectivity index (χ2n) is 5.42. The Kier molecular flexibility index (Phi) is 6.03. The summed E-state index contributed by atoms with van der Waals surface area (Å²) in [6.45, 7) is 2.61. The summed E-state index contributed by atoms with van der Waals surface area (Å²) in [6, 6.07) is 13.7. The third-order valence-corrected chi connectivity index (χ3v) is 3.79. The lowest BCUT2D eigenvalue weighted by atomic mass is 10.1. The molecule has 0 aliphatic heterocycles. The van der Waals surface area contributed by atoms with Crippen LogP contribution in [0.2, 0.25) is 0 Å². The molecule has 0 aromatic heterocycles. The van der Waals surface area contributed by atoms with Crippen molar-refractivity contribution in [3.05, 3.63) is 59.2 Å². The van der Waals surface area contributed by atoms with Crippen LogP contribution in [0.1, 0.15) is 23.1 Å². The van der Waals surface area contributed by atoms with E-state index in [0.717, 1.165) is 22.6 Å². The molecule has 1 amide bonds. The molecule has 2 aromatic carbocycles. The van der Waals surface area contributed by atoms with Gasteiger partial charge in [-0.25, -0.2) is 0 Å². The van der Waals surface area contributed by atoms with Crippen molar-refractivity contribution in [3.8, 4) is 11.5 Å². The highest BCUT2D eigenvalue weighted by molar-refractivity contribution is 5.76. The lowest BCUT2D eigenvalue weighted by Crippen LogP contribution is -2.23. The van der Waals surface area contributed by atoms with E-state index in [9.17, 15) is 4.79 Å². The minimum absolute atomic E-state index is 0.0371. The summed E-state index contributed by atoms with van der Waals surface area (Å²) in [4.78, 5) is 12.0. The molecule has 0 fully saturated rings. The van der Waals surface area contributed by atoms with Crippen LogP contribution in [0, 0.1) is 6.92 Å². The molecule has 0 bridgehead atoms. The summed E-state index contributed by atoms with van der Waals surface area (Å²) in [7, 11) is 3.24. The number of hydrogen-bond acceptors (Lipinski definition) is 3. The van der Waals surface area contributed by atoms with Crippen LogP contribution < -0.4 is 14.8 Å². The van der Waals surface area contributed by atoms with E-state index in [0.29, 0.717) is 19.4 Å². The Morgan fingerprint density at radius 2 is 1.70 bits per heavy atom. The van der Waals surface area contributed by atoms with Crippen LogP contribution in [0.15, 0.2) is 42.5 Å². The molecule has 0 aliphatic rings. The molecular weight excluding hydrogens is 290 g/mol. The van der Waals surface area contributed by atoms with Crippen molar-refractivity contribution in [2.45, 2.75) is 26.3 Å². The Morgan fingerprint density at radius 1 is 1.04 bits per heavy atom. The standard InChI is InChI=1S/C19H23NO3/c1-14-6-4-5-7-16(14)13-20-19(21)9-8-15-10-17(22-2)12-18(11-15)23-3/h4-7,10-12H,8-9,13H2,1-3H3,(H,20,21). The zero-order valence-electron chi connectivity index (χ0n) is 13.9. The second kappa shape index (κ2) is 8.22. The Bertz CT molecular complexity index is 645. The topological polar surface area (TPSA) is 47.6 Å². The maximum atomic E-state index is 12.0. The predicted molar refractivity (Wildman–Crippen MR) is 90.9 cm³/mol. The number of methoxy groups -OCH3 is 2. The zero-order valence-corrected chi connectivity index (χ0v) is 13.9. The molecule has 0 atom stereocenters. The summed E-state index contributed by atoms with van der Waals surface area (Å²) >= 11 is 0. The Labute approximate surface area is 137 Å². The van der Waals surface area contributed by atoms with Crippen molar-refractivity contribution in [1.29, 1.82) is 0 Å². The molecular formula is C19H23NO3. The van der Waals surface area contributed by atoms with E-state index in [1.54, 1.807) is 14.2 Å². The van der Waals surface area contributed by atoms with Gasteiger partial charge in [-0.1, -0.05) is 24.3 Å². The van der Waals surface area contributed by atoms with Crippen LogP contribution in [-0.4, -0.2) is 20.1 Å². The molecule has 0 aliphatic carbocycles. The first-order valence-electron chi connectivity index (χ1n) is 7.65. The molecule has 0 saturated heterocycles. The van der Waals surface area contributed by atoms with Crippen molar-refractivity contribution in [1.82, 2.24) is 5.32 Å². The minimum Gasteiger partial charge on any atom is -0.497 e. The lowest BCUT2D eigenvalue weighted by Gasteiger charge is -2.10. The molecule has 1 N–H and O–H groups in total. The maximum Gasteiger partial charge on any atom is 0.220 e. The molecule has 0 heterocycles. The van der Waals surface area contributed by atoms with E-state index in [1.165, 1.54) is 5.56 Å². The summed E-state index contributed by atoms with van der Waals surface area (Å²) in [6.07, 6.45) is 1.08. The number of carbonyl (C=O) groups excluding carboxylic acids is 1. The largest absolute Gasteiger partial charge is 0.497 e. The molecule has 4 nitrogen and oxygen atoms in total. The van der Waals surface area contributed by atoms with Gasteiger partial charge < -0.3 is 14.8 Å². The fraction of sp³-hybridized carbons (Fsp3) is 0.316. The molecule has 2 rings (SSSR count). The number of benzene rings is 2. The molecule has 122 valence electrons. The van der Waals surface area contributed by atoms with Gasteiger partial charge in [-0.2, -0.15) is 0 Å². The SMILES string of the molecule is COc1cc(CCC(=O)NCc2ccccc2C)cc(OC)c1. The summed E-state index contributed by atoms with van der Waals surface area (Å²) < 4.78 is 10.5. The van der Waals surface area contributed by atoms with Crippen molar-refractivity contribution in [2.24, 2.45) is 0 Å². The van der Waals surface area contributed by atoms with Gasteiger partial charge in [0, 0.05) is 19.0 Å². The highest BCUT2D eigenvalue weighted by Gasteiger charge is 2.06. The van der Waals surface area contributed by atoms with Gasteiger partial charge in [-0.05, 0) is 42.2 Å². The van der Waals surface area contributed by atoms with E-state index < -0.39 is 0 Å². The average Bonchev–Trinajstić information content (AvgIpc) is 2.58. The quantitative estimate of drug-likeness (QED) is 0.853. The monoisotopic (exact) mass is 313 g/mol. The first-order valence-corrected chi connectivity index (χ1v) is 7.65. The fourth-order valence-electron chi connectivity index (χ4n) is 2.36. The van der Waals surface area contributed by atoms with Gasteiger partial charge in [-0.15, -0.1) is 0 Å². The molecule has 0 saturated carbocycles. The number of carbonyl (C=O) groups is 1. The van der Waals surface area contributed by atoms with Crippen molar-refractivity contribution in [2.75, 3.05) is 14.2 Å². The molecule has 0 unspecified atom stereocenters. The predicted octanol–water partition coefficient (Wildman–Crippen LogP) is 3.26. The summed E-state index contributed by atoms with van der Waals surface area (Å²) in [5.74, 6) is 1.51. The summed E-state index contributed by atoms with van der Waals surface area (Å²) in [5.41, 5.74) is 3.35. The lowest BCUT2D eigenvalue weighted by molar-refractivity contribution is -0.121. The van der Waals surface area contributed by atoms with Gasteiger partial charge in [0.2, 0.25) is 5.91 Å². The number of amides is 1. The van der Waals surface area contributed by atoms with Gasteiger partial charge in [-0.3, -0.25) is 4.79 Å². The van der Waals surface area contributed by atoms with Crippen LogP contribution in [0.5, 0.6) is 11.5 Å². The van der Waals surface area contributed by atoms with E-state index in [2.05, 4.69) is 5.32 Å². The van der Waals surface area contributed by atoms with E-state index in [1.807, 2.05) is 49.4 Å². The number of rotatable bonds is 7. The highest BCUT2D eigenvalue weighted by atomic mass is 16.5. The van der Waals surface area contributed by atoms with Crippen LogP contribution in [0.3, 0.4) is 0 Å². The molecule has 2 aromatic rings. The molecule has 23 heavy (non-hydrogen) atoms. The highest BCUT2D eigenvalue weighted by Crippen LogP contribution is 2.23. The third-order valence-electron chi connectivity index (χ3n) is 3.79. The van der Waals surface area contributed by atoms with Gasteiger partial charge in [0.25, 0.3) is 0 Å². The number of hydrogen-bond donors (Lipinski definition) is 1. The van der Waals surface area contributed by atoms with Crippen LogP contribution in [0.25, 0.3) is 0 Å². The average molecular weight is 313 g/mol. The number of aryl methyl sites for hydroxylation is 2. The first kappa shape index (κ1) is 16.9. The van der Waals surface area contributed by atoms with Crippen LogP contribution in [-0.2, 0) is 17.8 Å². The summed E-state index contributed by atoms with van der Waals surface area (Å²) in [5, 5.41) is 2.97.